The summed E-state index contributed by atoms with van der Waals surface area (Å²) < 4.78 is 40.0. The van der Waals surface area contributed by atoms with Gasteiger partial charge in [-0.05, 0) is 28.8 Å². The minimum atomic E-state index is -3.77. The average Bonchev–Trinajstić information content (AvgIpc) is 2.90. The van der Waals surface area contributed by atoms with E-state index in [2.05, 4.69) is 11.9 Å². The van der Waals surface area contributed by atoms with Crippen LogP contribution in [0.5, 0.6) is 0 Å². The minimum absolute atomic E-state index is 0.00180. The maximum atomic E-state index is 13.8. The van der Waals surface area contributed by atoms with Crippen LogP contribution in [-0.2, 0) is 39.1 Å². The number of nitrogens with zero attached hydrogens (tertiary/aromatic N) is 2. The van der Waals surface area contributed by atoms with Gasteiger partial charge in [-0.25, -0.2) is 12.8 Å². The van der Waals surface area contributed by atoms with Crippen LogP contribution in [0.3, 0.4) is 0 Å². The second-order valence-corrected chi connectivity index (χ2v) is 10.9. The molecule has 0 bridgehead atoms. The molecule has 1 unspecified atom stereocenters. The van der Waals surface area contributed by atoms with Crippen LogP contribution >= 0.6 is 0 Å². The summed E-state index contributed by atoms with van der Waals surface area (Å²) in [4.78, 5) is 28.5. The fraction of sp³-hybridized carbons (Fsp3) is 0.241. The quantitative estimate of drug-likeness (QED) is 0.338. The normalized spacial score (nSPS) is 12.1. The Morgan fingerprint density at radius 2 is 1.45 bits per heavy atom. The summed E-state index contributed by atoms with van der Waals surface area (Å²) in [5, 5.41) is 2.76. The van der Waals surface area contributed by atoms with E-state index >= 15 is 0 Å². The van der Waals surface area contributed by atoms with Crippen molar-refractivity contribution in [2.75, 3.05) is 19.3 Å². The second kappa shape index (κ2) is 13.6. The van der Waals surface area contributed by atoms with Crippen LogP contribution in [0.25, 0.3) is 0 Å². The van der Waals surface area contributed by atoms with Crippen LogP contribution in [0.15, 0.2) is 97.6 Å². The Morgan fingerprint density at radius 3 is 2.00 bits per heavy atom. The highest BCUT2D eigenvalue weighted by atomic mass is 32.2. The summed E-state index contributed by atoms with van der Waals surface area (Å²) in [6.45, 7) is 3.36. The molecule has 3 aromatic rings. The number of amides is 2. The Kier molecular flexibility index (Phi) is 10.3. The van der Waals surface area contributed by atoms with Crippen LogP contribution in [0.1, 0.15) is 16.7 Å². The van der Waals surface area contributed by atoms with E-state index in [0.29, 0.717) is 5.56 Å². The van der Waals surface area contributed by atoms with Gasteiger partial charge in [-0.2, -0.15) is 4.31 Å². The van der Waals surface area contributed by atoms with Gasteiger partial charge in [0.05, 0.1) is 12.8 Å². The molecule has 0 spiro atoms. The SMILES string of the molecule is C=CCNC(=O)C(Cc1ccccc1)N(Cc1ccc(F)cc1)C(=O)CN(Cc1ccccc1)S(C)(=O)=O. The van der Waals surface area contributed by atoms with Crippen molar-refractivity contribution < 1.29 is 22.4 Å². The molecule has 0 saturated carbocycles. The molecular formula is C29H32FN3O4S. The van der Waals surface area contributed by atoms with Gasteiger partial charge < -0.3 is 10.2 Å². The van der Waals surface area contributed by atoms with E-state index in [-0.39, 0.29) is 26.1 Å². The molecule has 1 atom stereocenters. The summed E-state index contributed by atoms with van der Waals surface area (Å²) in [6, 6.07) is 22.9. The molecule has 7 nitrogen and oxygen atoms in total. The topological polar surface area (TPSA) is 86.8 Å². The van der Waals surface area contributed by atoms with Crippen molar-refractivity contribution in [3.8, 4) is 0 Å². The van der Waals surface area contributed by atoms with Crippen molar-refractivity contribution >= 4 is 21.8 Å². The van der Waals surface area contributed by atoms with Gasteiger partial charge in [0.15, 0.2) is 0 Å². The molecule has 0 aliphatic rings. The Hall–Kier alpha value is -3.82. The number of hydrogen-bond donors (Lipinski definition) is 1. The van der Waals surface area contributed by atoms with Crippen molar-refractivity contribution in [3.05, 3.63) is 120 Å². The molecule has 38 heavy (non-hydrogen) atoms. The molecule has 0 aliphatic heterocycles. The molecule has 0 radical (unpaired) electrons. The van der Waals surface area contributed by atoms with Crippen LogP contribution < -0.4 is 5.32 Å². The molecule has 200 valence electrons. The maximum absolute atomic E-state index is 13.8. The van der Waals surface area contributed by atoms with E-state index in [1.807, 2.05) is 36.4 Å². The molecular weight excluding hydrogens is 505 g/mol. The summed E-state index contributed by atoms with van der Waals surface area (Å²) in [5.41, 5.74) is 2.15. The van der Waals surface area contributed by atoms with E-state index in [1.165, 1.54) is 35.2 Å². The van der Waals surface area contributed by atoms with Gasteiger partial charge in [-0.1, -0.05) is 78.9 Å². The molecule has 0 aliphatic carbocycles. The average molecular weight is 538 g/mol. The van der Waals surface area contributed by atoms with Gasteiger partial charge in [0.25, 0.3) is 0 Å². The molecule has 3 aromatic carbocycles. The highest BCUT2D eigenvalue weighted by Crippen LogP contribution is 2.17. The highest BCUT2D eigenvalue weighted by Gasteiger charge is 2.32. The van der Waals surface area contributed by atoms with Crippen LogP contribution in [0.2, 0.25) is 0 Å². The summed E-state index contributed by atoms with van der Waals surface area (Å²) in [6.07, 6.45) is 2.79. The first-order valence-corrected chi connectivity index (χ1v) is 14.0. The van der Waals surface area contributed by atoms with Crippen molar-refractivity contribution in [1.82, 2.24) is 14.5 Å². The zero-order valence-electron chi connectivity index (χ0n) is 21.3. The predicted octanol–water partition coefficient (Wildman–Crippen LogP) is 3.53. The molecule has 2 amide bonds. The Bertz CT molecular complexity index is 1320. The lowest BCUT2D eigenvalue weighted by Gasteiger charge is -2.33. The smallest absolute Gasteiger partial charge is 0.243 e. The van der Waals surface area contributed by atoms with Crippen LogP contribution in [0.4, 0.5) is 4.39 Å². The van der Waals surface area contributed by atoms with Crippen molar-refractivity contribution in [3.63, 3.8) is 0 Å². The molecule has 3 rings (SSSR count). The first kappa shape index (κ1) is 28.7. The van der Waals surface area contributed by atoms with Crippen molar-refractivity contribution in [2.45, 2.75) is 25.6 Å². The maximum Gasteiger partial charge on any atom is 0.243 e. The molecule has 0 heterocycles. The first-order chi connectivity index (χ1) is 18.2. The number of hydrogen-bond acceptors (Lipinski definition) is 4. The van der Waals surface area contributed by atoms with Crippen molar-refractivity contribution in [2.24, 2.45) is 0 Å². The number of sulfonamides is 1. The Labute approximate surface area is 223 Å². The molecule has 0 fully saturated rings. The molecule has 0 saturated heterocycles. The third kappa shape index (κ3) is 8.64. The number of carbonyl (C=O) groups is 2. The van der Waals surface area contributed by atoms with Gasteiger partial charge in [-0.15, -0.1) is 6.58 Å². The molecule has 0 aromatic heterocycles. The monoisotopic (exact) mass is 537 g/mol. The van der Waals surface area contributed by atoms with Crippen molar-refractivity contribution in [1.29, 1.82) is 0 Å². The predicted molar refractivity (Wildman–Crippen MR) is 146 cm³/mol. The van der Waals surface area contributed by atoms with Gasteiger partial charge in [-0.3, -0.25) is 9.59 Å². The zero-order valence-corrected chi connectivity index (χ0v) is 22.1. The third-order valence-electron chi connectivity index (χ3n) is 5.94. The number of carbonyl (C=O) groups excluding carboxylic acids is 2. The van der Waals surface area contributed by atoms with Gasteiger partial charge in [0.2, 0.25) is 21.8 Å². The Balaban J connectivity index is 1.98. The van der Waals surface area contributed by atoms with Crippen LogP contribution in [0, 0.1) is 5.82 Å². The highest BCUT2D eigenvalue weighted by molar-refractivity contribution is 7.88. The lowest BCUT2D eigenvalue weighted by molar-refractivity contribution is -0.141. The number of benzene rings is 3. The largest absolute Gasteiger partial charge is 0.351 e. The molecule has 1 N–H and O–H groups in total. The second-order valence-electron chi connectivity index (χ2n) is 8.90. The summed E-state index contributed by atoms with van der Waals surface area (Å²) in [5.74, 6) is -1.38. The van der Waals surface area contributed by atoms with Crippen LogP contribution in [-0.4, -0.2) is 54.8 Å². The van der Waals surface area contributed by atoms with E-state index in [0.717, 1.165) is 21.7 Å². The number of rotatable bonds is 13. The third-order valence-corrected chi connectivity index (χ3v) is 7.14. The fourth-order valence-electron chi connectivity index (χ4n) is 3.95. The fourth-order valence-corrected chi connectivity index (χ4v) is 4.68. The first-order valence-electron chi connectivity index (χ1n) is 12.1. The lowest BCUT2D eigenvalue weighted by atomic mass is 10.0. The zero-order chi connectivity index (χ0) is 27.5. The summed E-state index contributed by atoms with van der Waals surface area (Å²) >= 11 is 0. The number of halogens is 1. The van der Waals surface area contributed by atoms with Gasteiger partial charge in [0, 0.05) is 26.1 Å². The van der Waals surface area contributed by atoms with E-state index in [9.17, 15) is 22.4 Å². The summed E-state index contributed by atoms with van der Waals surface area (Å²) in [7, 11) is -3.77. The number of nitrogens with one attached hydrogen (secondary N) is 1. The van der Waals surface area contributed by atoms with Gasteiger partial charge in [0.1, 0.15) is 11.9 Å². The van der Waals surface area contributed by atoms with E-state index in [1.54, 1.807) is 24.3 Å². The standard InChI is InChI=1S/C29H32FN3O4S/c1-3-18-31-29(35)27(19-23-10-6-4-7-11-23)33(21-25-14-16-26(30)17-15-25)28(34)22-32(38(2,36)37)20-24-12-8-5-9-13-24/h3-17,27H,1,18-22H2,2H3,(H,31,35). The Morgan fingerprint density at radius 1 is 0.895 bits per heavy atom. The molecule has 9 heteroatoms. The lowest BCUT2D eigenvalue weighted by Crippen LogP contribution is -2.53. The minimum Gasteiger partial charge on any atom is -0.351 e. The van der Waals surface area contributed by atoms with E-state index < -0.39 is 40.2 Å². The van der Waals surface area contributed by atoms with Gasteiger partial charge >= 0.3 is 0 Å². The van der Waals surface area contributed by atoms with E-state index in [4.69, 9.17) is 0 Å².